The third kappa shape index (κ3) is 2.80. The summed E-state index contributed by atoms with van der Waals surface area (Å²) in [4.78, 5) is 0. The number of hydrogen-bond donors (Lipinski definition) is 2. The lowest BCUT2D eigenvalue weighted by molar-refractivity contribution is 0.430. The zero-order chi connectivity index (χ0) is 8.27. The van der Waals surface area contributed by atoms with Crippen LogP contribution in [-0.2, 0) is 0 Å². The maximum absolute atomic E-state index is 3.50. The molecule has 0 aromatic rings. The van der Waals surface area contributed by atoms with Crippen molar-refractivity contribution >= 4 is 0 Å². The van der Waals surface area contributed by atoms with E-state index in [-0.39, 0.29) is 0 Å². The van der Waals surface area contributed by atoms with E-state index < -0.39 is 0 Å². The lowest BCUT2D eigenvalue weighted by atomic mass is 10.0. The van der Waals surface area contributed by atoms with Crippen molar-refractivity contribution in [3.8, 4) is 0 Å². The summed E-state index contributed by atoms with van der Waals surface area (Å²) in [6.45, 7) is 9.04. The van der Waals surface area contributed by atoms with Crippen molar-refractivity contribution in [2.45, 2.75) is 39.3 Å². The van der Waals surface area contributed by atoms with E-state index >= 15 is 0 Å². The average Bonchev–Trinajstić information content (AvgIpc) is 2.31. The minimum atomic E-state index is 0.615. The van der Waals surface area contributed by atoms with E-state index in [1.54, 1.807) is 0 Å². The van der Waals surface area contributed by atoms with Crippen LogP contribution in [0, 0.1) is 5.92 Å². The molecule has 2 N–H and O–H groups in total. The van der Waals surface area contributed by atoms with Crippen molar-refractivity contribution in [1.82, 2.24) is 10.6 Å². The van der Waals surface area contributed by atoms with Gasteiger partial charge in [-0.25, -0.2) is 0 Å². The SMILES string of the molecule is CC(C)NCC1NCCC1C. The summed E-state index contributed by atoms with van der Waals surface area (Å²) in [5.41, 5.74) is 0. The highest BCUT2D eigenvalue weighted by molar-refractivity contribution is 4.82. The molecule has 0 bridgehead atoms. The first kappa shape index (κ1) is 9.01. The van der Waals surface area contributed by atoms with Crippen LogP contribution in [0.1, 0.15) is 27.2 Å². The van der Waals surface area contributed by atoms with E-state index in [2.05, 4.69) is 31.4 Å². The molecule has 0 spiro atoms. The van der Waals surface area contributed by atoms with Crippen LogP contribution < -0.4 is 10.6 Å². The molecule has 0 aliphatic carbocycles. The van der Waals surface area contributed by atoms with Crippen molar-refractivity contribution in [1.29, 1.82) is 0 Å². The van der Waals surface area contributed by atoms with Crippen LogP contribution in [0.3, 0.4) is 0 Å². The standard InChI is InChI=1S/C9H20N2/c1-7(2)11-6-9-8(3)4-5-10-9/h7-11H,4-6H2,1-3H3. The fraction of sp³-hybridized carbons (Fsp3) is 1.00. The average molecular weight is 156 g/mol. The predicted molar refractivity (Wildman–Crippen MR) is 48.7 cm³/mol. The zero-order valence-electron chi connectivity index (χ0n) is 7.85. The van der Waals surface area contributed by atoms with Gasteiger partial charge in [-0.3, -0.25) is 0 Å². The van der Waals surface area contributed by atoms with Crippen LogP contribution in [0.25, 0.3) is 0 Å². The Hall–Kier alpha value is -0.0800. The fourth-order valence-corrected chi connectivity index (χ4v) is 1.53. The minimum Gasteiger partial charge on any atom is -0.313 e. The van der Waals surface area contributed by atoms with Gasteiger partial charge in [0, 0.05) is 18.6 Å². The van der Waals surface area contributed by atoms with Crippen LogP contribution in [0.5, 0.6) is 0 Å². The van der Waals surface area contributed by atoms with Gasteiger partial charge in [0.25, 0.3) is 0 Å². The number of rotatable bonds is 3. The summed E-state index contributed by atoms with van der Waals surface area (Å²) in [7, 11) is 0. The molecule has 1 saturated heterocycles. The smallest absolute Gasteiger partial charge is 0.0218 e. The summed E-state index contributed by atoms with van der Waals surface area (Å²) < 4.78 is 0. The van der Waals surface area contributed by atoms with Gasteiger partial charge in [-0.05, 0) is 18.9 Å². The second-order valence-corrected chi connectivity index (χ2v) is 3.89. The normalized spacial score (nSPS) is 31.6. The first-order chi connectivity index (χ1) is 5.20. The topological polar surface area (TPSA) is 24.1 Å². The highest BCUT2D eigenvalue weighted by Gasteiger charge is 2.21. The van der Waals surface area contributed by atoms with Crippen molar-refractivity contribution in [2.24, 2.45) is 5.92 Å². The Morgan fingerprint density at radius 2 is 2.27 bits per heavy atom. The van der Waals surface area contributed by atoms with Crippen LogP contribution in [0.4, 0.5) is 0 Å². The lowest BCUT2D eigenvalue weighted by Crippen LogP contribution is -2.39. The van der Waals surface area contributed by atoms with Gasteiger partial charge < -0.3 is 10.6 Å². The first-order valence-corrected chi connectivity index (χ1v) is 4.67. The Kier molecular flexibility index (Phi) is 3.34. The van der Waals surface area contributed by atoms with Gasteiger partial charge >= 0.3 is 0 Å². The number of nitrogens with one attached hydrogen (secondary N) is 2. The summed E-state index contributed by atoms with van der Waals surface area (Å²) in [6, 6.07) is 1.32. The lowest BCUT2D eigenvalue weighted by Gasteiger charge is -2.17. The maximum Gasteiger partial charge on any atom is 0.0218 e. The van der Waals surface area contributed by atoms with Crippen molar-refractivity contribution in [3.63, 3.8) is 0 Å². The van der Waals surface area contributed by atoms with Gasteiger partial charge in [-0.15, -0.1) is 0 Å². The summed E-state index contributed by atoms with van der Waals surface area (Å²) >= 11 is 0. The second kappa shape index (κ2) is 4.07. The van der Waals surface area contributed by atoms with Crippen LogP contribution >= 0.6 is 0 Å². The largest absolute Gasteiger partial charge is 0.313 e. The highest BCUT2D eigenvalue weighted by atomic mass is 15.0. The molecule has 2 nitrogen and oxygen atoms in total. The summed E-state index contributed by atoms with van der Waals surface area (Å²) in [6.07, 6.45) is 1.34. The summed E-state index contributed by atoms with van der Waals surface area (Å²) in [5, 5.41) is 6.95. The highest BCUT2D eigenvalue weighted by Crippen LogP contribution is 2.13. The van der Waals surface area contributed by atoms with Crippen LogP contribution in [0.2, 0.25) is 0 Å². The van der Waals surface area contributed by atoms with Crippen LogP contribution in [-0.4, -0.2) is 25.2 Å². The monoisotopic (exact) mass is 156 g/mol. The van der Waals surface area contributed by atoms with E-state index in [1.807, 2.05) is 0 Å². The molecule has 1 aliphatic heterocycles. The molecule has 66 valence electrons. The predicted octanol–water partition coefficient (Wildman–Crippen LogP) is 0.982. The van der Waals surface area contributed by atoms with E-state index in [0.717, 1.165) is 12.5 Å². The van der Waals surface area contributed by atoms with Gasteiger partial charge in [0.05, 0.1) is 0 Å². The van der Waals surface area contributed by atoms with Crippen molar-refractivity contribution in [3.05, 3.63) is 0 Å². The molecule has 0 amide bonds. The molecule has 2 heteroatoms. The van der Waals surface area contributed by atoms with Crippen molar-refractivity contribution < 1.29 is 0 Å². The van der Waals surface area contributed by atoms with E-state index in [4.69, 9.17) is 0 Å². The Balaban J connectivity index is 2.15. The maximum atomic E-state index is 3.50. The molecule has 1 fully saturated rings. The third-order valence-electron chi connectivity index (χ3n) is 2.44. The van der Waals surface area contributed by atoms with E-state index in [1.165, 1.54) is 13.0 Å². The molecule has 0 aromatic carbocycles. The van der Waals surface area contributed by atoms with Gasteiger partial charge in [-0.1, -0.05) is 20.8 Å². The Labute approximate surface area is 69.8 Å². The molecular formula is C9H20N2. The molecule has 0 radical (unpaired) electrons. The Morgan fingerprint density at radius 1 is 1.55 bits per heavy atom. The zero-order valence-corrected chi connectivity index (χ0v) is 7.85. The quantitative estimate of drug-likeness (QED) is 0.636. The molecule has 11 heavy (non-hydrogen) atoms. The molecule has 2 unspecified atom stereocenters. The van der Waals surface area contributed by atoms with Gasteiger partial charge in [0.15, 0.2) is 0 Å². The fourth-order valence-electron chi connectivity index (χ4n) is 1.53. The van der Waals surface area contributed by atoms with E-state index in [0.29, 0.717) is 12.1 Å². The van der Waals surface area contributed by atoms with E-state index in [9.17, 15) is 0 Å². The molecule has 0 aromatic heterocycles. The van der Waals surface area contributed by atoms with Crippen LogP contribution in [0.15, 0.2) is 0 Å². The Bertz CT molecular complexity index is 112. The van der Waals surface area contributed by atoms with Crippen molar-refractivity contribution in [2.75, 3.05) is 13.1 Å². The third-order valence-corrected chi connectivity index (χ3v) is 2.44. The number of hydrogen-bond acceptors (Lipinski definition) is 2. The molecule has 1 aliphatic rings. The Morgan fingerprint density at radius 3 is 2.73 bits per heavy atom. The van der Waals surface area contributed by atoms with Gasteiger partial charge in [0.1, 0.15) is 0 Å². The molecule has 0 saturated carbocycles. The molecule has 1 rings (SSSR count). The summed E-state index contributed by atoms with van der Waals surface area (Å²) in [5.74, 6) is 0.848. The van der Waals surface area contributed by atoms with Gasteiger partial charge in [-0.2, -0.15) is 0 Å². The minimum absolute atomic E-state index is 0.615. The first-order valence-electron chi connectivity index (χ1n) is 4.67. The molecule has 1 heterocycles. The molecule has 2 atom stereocenters. The second-order valence-electron chi connectivity index (χ2n) is 3.89. The van der Waals surface area contributed by atoms with Gasteiger partial charge in [0.2, 0.25) is 0 Å². The molecular weight excluding hydrogens is 136 g/mol.